The lowest BCUT2D eigenvalue weighted by Crippen LogP contribution is -2.21. The minimum Gasteiger partial charge on any atom is -0.434 e. The molecule has 75 valence electrons. The first kappa shape index (κ1) is 10.4. The van der Waals surface area contributed by atoms with Crippen molar-refractivity contribution in [2.75, 3.05) is 6.61 Å². The summed E-state index contributed by atoms with van der Waals surface area (Å²) in [5.41, 5.74) is 0. The van der Waals surface area contributed by atoms with Crippen molar-refractivity contribution in [2.24, 2.45) is 0 Å². The molecular formula is C10H17O3. The van der Waals surface area contributed by atoms with Gasteiger partial charge in [-0.15, -0.1) is 0 Å². The highest BCUT2D eigenvalue weighted by Gasteiger charge is 2.17. The predicted octanol–water partition coefficient (Wildman–Crippen LogP) is 2.70. The van der Waals surface area contributed by atoms with E-state index in [2.05, 4.69) is 0 Å². The summed E-state index contributed by atoms with van der Waals surface area (Å²) in [5, 5.41) is 0. The lowest BCUT2D eigenvalue weighted by atomic mass is 9.98. The Kier molecular flexibility index (Phi) is 4.65. The van der Waals surface area contributed by atoms with Crippen LogP contribution >= 0.6 is 0 Å². The first-order chi connectivity index (χ1) is 6.33. The van der Waals surface area contributed by atoms with Gasteiger partial charge >= 0.3 is 6.16 Å². The minimum absolute atomic E-state index is 0.0955. The average Bonchev–Trinajstić information content (AvgIpc) is 2.16. The SMILES string of the molecule is C[CH]COC(=O)OC1CCCCC1. The van der Waals surface area contributed by atoms with Crippen molar-refractivity contribution in [3.63, 3.8) is 0 Å². The molecule has 13 heavy (non-hydrogen) atoms. The molecule has 0 aromatic rings. The smallest absolute Gasteiger partial charge is 0.434 e. The summed E-state index contributed by atoms with van der Waals surface area (Å²) in [6.45, 7) is 2.18. The molecule has 0 amide bonds. The molecule has 0 aromatic heterocycles. The Morgan fingerprint density at radius 2 is 2.08 bits per heavy atom. The summed E-state index contributed by atoms with van der Waals surface area (Å²) in [6.07, 6.45) is 6.92. The van der Waals surface area contributed by atoms with Gasteiger partial charge in [-0.25, -0.2) is 4.79 Å². The quantitative estimate of drug-likeness (QED) is 0.634. The van der Waals surface area contributed by atoms with Crippen LogP contribution in [0, 0.1) is 6.42 Å². The van der Waals surface area contributed by atoms with Gasteiger partial charge in [0.25, 0.3) is 0 Å². The van der Waals surface area contributed by atoms with Crippen LogP contribution in [0.3, 0.4) is 0 Å². The Hall–Kier alpha value is -0.730. The van der Waals surface area contributed by atoms with Crippen molar-refractivity contribution in [3.05, 3.63) is 6.42 Å². The predicted molar refractivity (Wildman–Crippen MR) is 49.3 cm³/mol. The van der Waals surface area contributed by atoms with Gasteiger partial charge in [0.2, 0.25) is 0 Å². The minimum atomic E-state index is -0.523. The van der Waals surface area contributed by atoms with Crippen LogP contribution in [-0.4, -0.2) is 18.9 Å². The maximum Gasteiger partial charge on any atom is 0.508 e. The van der Waals surface area contributed by atoms with Gasteiger partial charge in [0, 0.05) is 0 Å². The van der Waals surface area contributed by atoms with Crippen molar-refractivity contribution >= 4 is 6.16 Å². The zero-order valence-electron chi connectivity index (χ0n) is 8.12. The van der Waals surface area contributed by atoms with Crippen molar-refractivity contribution in [3.8, 4) is 0 Å². The lowest BCUT2D eigenvalue weighted by molar-refractivity contribution is 0.0151. The molecule has 0 unspecified atom stereocenters. The van der Waals surface area contributed by atoms with E-state index in [4.69, 9.17) is 9.47 Å². The van der Waals surface area contributed by atoms with E-state index in [0.717, 1.165) is 25.7 Å². The largest absolute Gasteiger partial charge is 0.508 e. The first-order valence-electron chi connectivity index (χ1n) is 4.94. The molecule has 0 bridgehead atoms. The number of hydrogen-bond donors (Lipinski definition) is 0. The molecule has 1 aliphatic carbocycles. The monoisotopic (exact) mass is 185 g/mol. The third kappa shape index (κ3) is 4.15. The molecular weight excluding hydrogens is 168 g/mol. The van der Waals surface area contributed by atoms with E-state index >= 15 is 0 Å². The van der Waals surface area contributed by atoms with E-state index in [1.807, 2.05) is 6.92 Å². The zero-order chi connectivity index (χ0) is 9.52. The van der Waals surface area contributed by atoms with Gasteiger partial charge in [0.1, 0.15) is 6.10 Å². The summed E-state index contributed by atoms with van der Waals surface area (Å²) < 4.78 is 9.89. The second-order valence-corrected chi connectivity index (χ2v) is 3.35. The Labute approximate surface area is 79.4 Å². The molecule has 0 aliphatic heterocycles. The van der Waals surface area contributed by atoms with E-state index in [1.54, 1.807) is 6.42 Å². The molecule has 0 N–H and O–H groups in total. The molecule has 3 heteroatoms. The van der Waals surface area contributed by atoms with Gasteiger partial charge in [-0.2, -0.15) is 0 Å². The molecule has 0 aromatic carbocycles. The van der Waals surface area contributed by atoms with Gasteiger partial charge in [-0.1, -0.05) is 13.3 Å². The summed E-state index contributed by atoms with van der Waals surface area (Å²) in [5.74, 6) is 0. The summed E-state index contributed by atoms with van der Waals surface area (Å²) in [4.78, 5) is 11.0. The van der Waals surface area contributed by atoms with E-state index in [9.17, 15) is 4.79 Å². The molecule has 1 saturated carbocycles. The van der Waals surface area contributed by atoms with Gasteiger partial charge in [0.05, 0.1) is 6.61 Å². The molecule has 0 heterocycles. The highest BCUT2D eigenvalue weighted by Crippen LogP contribution is 2.20. The Balaban J connectivity index is 2.11. The van der Waals surface area contributed by atoms with Gasteiger partial charge < -0.3 is 9.47 Å². The van der Waals surface area contributed by atoms with Crippen LogP contribution in [0.4, 0.5) is 4.79 Å². The molecule has 0 atom stereocenters. The normalized spacial score (nSPS) is 18.2. The van der Waals surface area contributed by atoms with Crippen LogP contribution in [0.15, 0.2) is 0 Å². The number of ether oxygens (including phenoxy) is 2. The number of rotatable bonds is 3. The zero-order valence-corrected chi connectivity index (χ0v) is 8.12. The second kappa shape index (κ2) is 5.84. The third-order valence-corrected chi connectivity index (χ3v) is 2.18. The standard InChI is InChI=1S/C10H17O3/c1-2-8-12-10(11)13-9-6-4-3-5-7-9/h2,9H,3-8H2,1H3. The average molecular weight is 185 g/mol. The molecule has 1 fully saturated rings. The van der Waals surface area contributed by atoms with Crippen molar-refractivity contribution in [1.29, 1.82) is 0 Å². The molecule has 1 radical (unpaired) electrons. The molecule has 1 aliphatic rings. The molecule has 0 saturated heterocycles. The van der Waals surface area contributed by atoms with E-state index in [-0.39, 0.29) is 6.10 Å². The van der Waals surface area contributed by atoms with Crippen LogP contribution in [0.1, 0.15) is 39.0 Å². The fraction of sp³-hybridized carbons (Fsp3) is 0.800. The van der Waals surface area contributed by atoms with Crippen LogP contribution in [0.5, 0.6) is 0 Å². The maximum atomic E-state index is 11.0. The van der Waals surface area contributed by atoms with Crippen molar-refractivity contribution in [2.45, 2.75) is 45.1 Å². The van der Waals surface area contributed by atoms with E-state index in [1.165, 1.54) is 6.42 Å². The van der Waals surface area contributed by atoms with Gasteiger partial charge in [0.15, 0.2) is 0 Å². The highest BCUT2D eigenvalue weighted by molar-refractivity contribution is 5.60. The van der Waals surface area contributed by atoms with Crippen molar-refractivity contribution in [1.82, 2.24) is 0 Å². The topological polar surface area (TPSA) is 35.5 Å². The lowest BCUT2D eigenvalue weighted by Gasteiger charge is -2.21. The summed E-state index contributed by atoms with van der Waals surface area (Å²) >= 11 is 0. The Morgan fingerprint density at radius 1 is 1.38 bits per heavy atom. The van der Waals surface area contributed by atoms with E-state index < -0.39 is 6.16 Å². The molecule has 1 rings (SSSR count). The van der Waals surface area contributed by atoms with Crippen LogP contribution < -0.4 is 0 Å². The summed E-state index contributed by atoms with van der Waals surface area (Å²) in [6, 6.07) is 0. The Morgan fingerprint density at radius 3 is 2.69 bits per heavy atom. The van der Waals surface area contributed by atoms with Crippen LogP contribution in [-0.2, 0) is 9.47 Å². The summed E-state index contributed by atoms with van der Waals surface area (Å²) in [7, 11) is 0. The number of carbonyl (C=O) groups excluding carboxylic acids is 1. The second-order valence-electron chi connectivity index (χ2n) is 3.35. The van der Waals surface area contributed by atoms with Crippen LogP contribution in [0.25, 0.3) is 0 Å². The first-order valence-corrected chi connectivity index (χ1v) is 4.94. The molecule has 3 nitrogen and oxygen atoms in total. The van der Waals surface area contributed by atoms with E-state index in [0.29, 0.717) is 6.61 Å². The van der Waals surface area contributed by atoms with Crippen LogP contribution in [0.2, 0.25) is 0 Å². The number of carbonyl (C=O) groups is 1. The Bertz CT molecular complexity index is 150. The van der Waals surface area contributed by atoms with Gasteiger partial charge in [-0.3, -0.25) is 0 Å². The van der Waals surface area contributed by atoms with Crippen molar-refractivity contribution < 1.29 is 14.3 Å². The van der Waals surface area contributed by atoms with Gasteiger partial charge in [-0.05, 0) is 32.1 Å². The fourth-order valence-corrected chi connectivity index (χ4v) is 1.50. The highest BCUT2D eigenvalue weighted by atomic mass is 16.7. The molecule has 0 spiro atoms. The number of hydrogen-bond acceptors (Lipinski definition) is 3. The third-order valence-electron chi connectivity index (χ3n) is 2.18. The fourth-order valence-electron chi connectivity index (χ4n) is 1.50. The maximum absolute atomic E-state index is 11.0.